The maximum Gasteiger partial charge on any atom is 0.0769 e. The van der Waals surface area contributed by atoms with Crippen molar-refractivity contribution >= 4 is 11.8 Å². The summed E-state index contributed by atoms with van der Waals surface area (Å²) in [6.07, 6.45) is 9.14. The van der Waals surface area contributed by atoms with E-state index in [-0.39, 0.29) is 0 Å². The van der Waals surface area contributed by atoms with Crippen LogP contribution in [-0.2, 0) is 0 Å². The summed E-state index contributed by atoms with van der Waals surface area (Å²) in [7, 11) is 0. The van der Waals surface area contributed by atoms with E-state index in [0.29, 0.717) is 5.25 Å². The summed E-state index contributed by atoms with van der Waals surface area (Å²) >= 11 is 1.89. The first-order valence-electron chi connectivity index (χ1n) is 7.69. The Morgan fingerprint density at radius 1 is 1.21 bits per heavy atom. The van der Waals surface area contributed by atoms with Crippen molar-refractivity contribution in [2.24, 2.45) is 0 Å². The summed E-state index contributed by atoms with van der Waals surface area (Å²) in [5.74, 6) is 0. The van der Waals surface area contributed by atoms with Gasteiger partial charge in [-0.1, -0.05) is 57.2 Å². The van der Waals surface area contributed by atoms with Crippen LogP contribution >= 0.6 is 11.8 Å². The van der Waals surface area contributed by atoms with Crippen LogP contribution in [0.3, 0.4) is 0 Å². The van der Waals surface area contributed by atoms with Gasteiger partial charge in [0, 0.05) is 10.1 Å². The van der Waals surface area contributed by atoms with Crippen molar-refractivity contribution < 1.29 is 5.11 Å². The Bertz CT molecular complexity index is 365. The molecule has 0 aliphatic heterocycles. The fraction of sp³-hybridized carbons (Fsp3) is 0.647. The van der Waals surface area contributed by atoms with E-state index in [1.54, 1.807) is 0 Å². The molecule has 0 heterocycles. The SMILES string of the molecule is CCCCC1(O)CCCCCC1Sc1ccccc1. The first kappa shape index (κ1) is 14.9. The third-order valence-electron chi connectivity index (χ3n) is 4.16. The molecule has 19 heavy (non-hydrogen) atoms. The van der Waals surface area contributed by atoms with E-state index in [0.717, 1.165) is 25.7 Å². The molecule has 0 amide bonds. The molecule has 0 radical (unpaired) electrons. The molecular formula is C17H26OS. The smallest absolute Gasteiger partial charge is 0.0769 e. The summed E-state index contributed by atoms with van der Waals surface area (Å²) in [5, 5.41) is 11.4. The molecule has 1 saturated carbocycles. The molecule has 1 fully saturated rings. The summed E-state index contributed by atoms with van der Waals surface area (Å²) < 4.78 is 0. The minimum atomic E-state index is -0.451. The van der Waals surface area contributed by atoms with E-state index in [4.69, 9.17) is 0 Å². The molecule has 0 aromatic heterocycles. The van der Waals surface area contributed by atoms with Crippen molar-refractivity contribution in [2.45, 2.75) is 74.0 Å². The molecule has 0 bridgehead atoms. The molecule has 106 valence electrons. The maximum absolute atomic E-state index is 11.1. The number of aliphatic hydroxyl groups is 1. The van der Waals surface area contributed by atoms with E-state index in [2.05, 4.69) is 37.3 Å². The van der Waals surface area contributed by atoms with E-state index in [1.807, 2.05) is 11.8 Å². The minimum Gasteiger partial charge on any atom is -0.389 e. The third-order valence-corrected chi connectivity index (χ3v) is 5.66. The van der Waals surface area contributed by atoms with Crippen molar-refractivity contribution in [1.29, 1.82) is 0 Å². The summed E-state index contributed by atoms with van der Waals surface area (Å²) in [4.78, 5) is 1.30. The van der Waals surface area contributed by atoms with Crippen LogP contribution in [0.5, 0.6) is 0 Å². The average molecular weight is 278 g/mol. The van der Waals surface area contributed by atoms with Gasteiger partial charge in [-0.2, -0.15) is 0 Å². The highest BCUT2D eigenvalue weighted by molar-refractivity contribution is 8.00. The van der Waals surface area contributed by atoms with Gasteiger partial charge in [0.15, 0.2) is 0 Å². The van der Waals surface area contributed by atoms with Crippen molar-refractivity contribution in [3.63, 3.8) is 0 Å². The van der Waals surface area contributed by atoms with Crippen molar-refractivity contribution in [3.05, 3.63) is 30.3 Å². The van der Waals surface area contributed by atoms with Gasteiger partial charge in [0.25, 0.3) is 0 Å². The Hall–Kier alpha value is -0.470. The van der Waals surface area contributed by atoms with Crippen LogP contribution in [0.1, 0.15) is 58.3 Å². The topological polar surface area (TPSA) is 20.2 Å². The normalized spacial score (nSPS) is 28.0. The van der Waals surface area contributed by atoms with Gasteiger partial charge in [-0.05, 0) is 31.4 Å². The third kappa shape index (κ3) is 4.25. The molecule has 1 aromatic rings. The lowest BCUT2D eigenvalue weighted by molar-refractivity contribution is 0.0203. The lowest BCUT2D eigenvalue weighted by atomic mass is 9.88. The number of thioether (sulfide) groups is 1. The average Bonchev–Trinajstić information content (AvgIpc) is 2.61. The minimum absolute atomic E-state index is 0.365. The summed E-state index contributed by atoms with van der Waals surface area (Å²) in [6, 6.07) is 10.6. The predicted molar refractivity (Wildman–Crippen MR) is 83.6 cm³/mol. The first-order valence-corrected chi connectivity index (χ1v) is 8.56. The Kier molecular flexibility index (Phi) is 5.77. The monoisotopic (exact) mass is 278 g/mol. The molecule has 1 aliphatic rings. The Morgan fingerprint density at radius 3 is 2.74 bits per heavy atom. The van der Waals surface area contributed by atoms with Crippen molar-refractivity contribution in [2.75, 3.05) is 0 Å². The molecular weight excluding hydrogens is 252 g/mol. The van der Waals surface area contributed by atoms with Crippen molar-refractivity contribution in [1.82, 2.24) is 0 Å². The number of unbranched alkanes of at least 4 members (excludes halogenated alkanes) is 1. The molecule has 1 aliphatic carbocycles. The van der Waals surface area contributed by atoms with Crippen molar-refractivity contribution in [3.8, 4) is 0 Å². The van der Waals surface area contributed by atoms with Gasteiger partial charge in [0.1, 0.15) is 0 Å². The number of hydrogen-bond donors (Lipinski definition) is 1. The highest BCUT2D eigenvalue weighted by Crippen LogP contribution is 2.41. The highest BCUT2D eigenvalue weighted by Gasteiger charge is 2.37. The summed E-state index contributed by atoms with van der Waals surface area (Å²) in [6.45, 7) is 2.21. The Morgan fingerprint density at radius 2 is 2.00 bits per heavy atom. The van der Waals surface area contributed by atoms with Gasteiger partial charge in [-0.15, -0.1) is 11.8 Å². The molecule has 1 aromatic carbocycles. The second-order valence-corrected chi connectivity index (χ2v) is 7.00. The molecule has 2 rings (SSSR count). The molecule has 2 heteroatoms. The summed E-state index contributed by atoms with van der Waals surface area (Å²) in [5.41, 5.74) is -0.451. The van der Waals surface area contributed by atoms with Crippen LogP contribution in [0.2, 0.25) is 0 Å². The lowest BCUT2D eigenvalue weighted by Crippen LogP contribution is -2.39. The zero-order valence-electron chi connectivity index (χ0n) is 12.0. The Balaban J connectivity index is 2.08. The second kappa shape index (κ2) is 7.35. The fourth-order valence-electron chi connectivity index (χ4n) is 2.97. The van der Waals surface area contributed by atoms with E-state index in [9.17, 15) is 5.11 Å². The second-order valence-electron chi connectivity index (χ2n) is 5.73. The van der Waals surface area contributed by atoms with Crippen LogP contribution in [0, 0.1) is 0 Å². The lowest BCUT2D eigenvalue weighted by Gasteiger charge is -2.34. The largest absolute Gasteiger partial charge is 0.389 e. The molecule has 1 N–H and O–H groups in total. The fourth-order valence-corrected chi connectivity index (χ4v) is 4.35. The van der Waals surface area contributed by atoms with E-state index >= 15 is 0 Å². The van der Waals surface area contributed by atoms with Gasteiger partial charge in [0.2, 0.25) is 0 Å². The van der Waals surface area contributed by atoms with Gasteiger partial charge in [-0.25, -0.2) is 0 Å². The zero-order valence-corrected chi connectivity index (χ0v) is 12.8. The standard InChI is InChI=1S/C17H26OS/c1-2-3-13-17(18)14-9-5-8-12-16(17)19-15-10-6-4-7-11-15/h4,6-7,10-11,16,18H,2-3,5,8-9,12-14H2,1H3. The van der Waals surface area contributed by atoms with Gasteiger partial charge in [0.05, 0.1) is 5.60 Å². The first-order chi connectivity index (χ1) is 9.24. The predicted octanol–water partition coefficient (Wildman–Crippen LogP) is 5.03. The highest BCUT2D eigenvalue weighted by atomic mass is 32.2. The Labute approximate surface area is 121 Å². The van der Waals surface area contributed by atoms with Gasteiger partial charge in [-0.3, -0.25) is 0 Å². The molecule has 2 atom stereocenters. The van der Waals surface area contributed by atoms with Crippen LogP contribution < -0.4 is 0 Å². The molecule has 2 unspecified atom stereocenters. The number of hydrogen-bond acceptors (Lipinski definition) is 2. The quantitative estimate of drug-likeness (QED) is 0.762. The number of rotatable bonds is 5. The number of benzene rings is 1. The van der Waals surface area contributed by atoms with Crippen LogP contribution in [0.25, 0.3) is 0 Å². The van der Waals surface area contributed by atoms with Crippen LogP contribution in [0.15, 0.2) is 35.2 Å². The van der Waals surface area contributed by atoms with Crippen LogP contribution in [-0.4, -0.2) is 16.0 Å². The van der Waals surface area contributed by atoms with Gasteiger partial charge >= 0.3 is 0 Å². The maximum atomic E-state index is 11.1. The van der Waals surface area contributed by atoms with E-state index < -0.39 is 5.60 Å². The molecule has 1 nitrogen and oxygen atoms in total. The van der Waals surface area contributed by atoms with E-state index in [1.165, 1.54) is 30.6 Å². The molecule has 0 spiro atoms. The zero-order chi connectivity index (χ0) is 13.6. The van der Waals surface area contributed by atoms with Gasteiger partial charge < -0.3 is 5.11 Å². The molecule has 0 saturated heterocycles. The van der Waals surface area contributed by atoms with Crippen LogP contribution in [0.4, 0.5) is 0 Å².